The Morgan fingerprint density at radius 3 is 2.48 bits per heavy atom. The molecule has 2 amide bonds. The van der Waals surface area contributed by atoms with E-state index in [1.54, 1.807) is 30.3 Å². The van der Waals surface area contributed by atoms with Crippen LogP contribution in [-0.2, 0) is 4.79 Å². The zero-order chi connectivity index (χ0) is 15.2. The van der Waals surface area contributed by atoms with Gasteiger partial charge >= 0.3 is 5.91 Å². The first-order chi connectivity index (χ1) is 10.1. The number of amides is 2. The minimum atomic E-state index is -0.597. The first-order valence-electron chi connectivity index (χ1n) is 6.03. The SMILES string of the molecule is NC(=O)c1cc(I)ccc1NC(=O)C#Cc1ccccc1. The van der Waals surface area contributed by atoms with Gasteiger partial charge in [0.1, 0.15) is 0 Å². The van der Waals surface area contributed by atoms with Gasteiger partial charge in [-0.2, -0.15) is 0 Å². The molecule has 0 saturated carbocycles. The third-order valence-electron chi connectivity index (χ3n) is 2.59. The van der Waals surface area contributed by atoms with E-state index >= 15 is 0 Å². The van der Waals surface area contributed by atoms with Crippen molar-refractivity contribution in [3.05, 3.63) is 63.2 Å². The van der Waals surface area contributed by atoms with Crippen LogP contribution in [-0.4, -0.2) is 11.8 Å². The Morgan fingerprint density at radius 1 is 1.10 bits per heavy atom. The van der Waals surface area contributed by atoms with Gasteiger partial charge in [0.15, 0.2) is 0 Å². The number of carbonyl (C=O) groups excluding carboxylic acids is 2. The number of hydrogen-bond acceptors (Lipinski definition) is 2. The topological polar surface area (TPSA) is 72.2 Å². The molecule has 0 aliphatic carbocycles. The third-order valence-corrected chi connectivity index (χ3v) is 3.26. The molecule has 5 heteroatoms. The molecule has 0 saturated heterocycles. The van der Waals surface area contributed by atoms with Gasteiger partial charge in [0, 0.05) is 15.1 Å². The molecule has 0 bridgehead atoms. The van der Waals surface area contributed by atoms with Gasteiger partial charge in [0.25, 0.3) is 5.91 Å². The van der Waals surface area contributed by atoms with Crippen molar-refractivity contribution in [2.75, 3.05) is 5.32 Å². The Hall–Kier alpha value is -2.33. The second kappa shape index (κ2) is 6.90. The number of hydrogen-bond donors (Lipinski definition) is 2. The second-order valence-electron chi connectivity index (χ2n) is 4.12. The number of rotatable bonds is 2. The van der Waals surface area contributed by atoms with E-state index in [1.165, 1.54) is 0 Å². The van der Waals surface area contributed by atoms with Crippen molar-refractivity contribution in [1.82, 2.24) is 0 Å². The monoisotopic (exact) mass is 390 g/mol. The summed E-state index contributed by atoms with van der Waals surface area (Å²) in [7, 11) is 0. The number of benzene rings is 2. The lowest BCUT2D eigenvalue weighted by Gasteiger charge is -2.06. The van der Waals surface area contributed by atoms with E-state index in [0.717, 1.165) is 9.13 Å². The first kappa shape index (κ1) is 15.1. The molecule has 0 aromatic heterocycles. The third kappa shape index (κ3) is 4.33. The Kier molecular flexibility index (Phi) is 4.95. The predicted octanol–water partition coefficient (Wildman–Crippen LogP) is 2.38. The van der Waals surface area contributed by atoms with Gasteiger partial charge < -0.3 is 11.1 Å². The summed E-state index contributed by atoms with van der Waals surface area (Å²) < 4.78 is 0.856. The zero-order valence-corrected chi connectivity index (χ0v) is 13.0. The van der Waals surface area contributed by atoms with E-state index in [1.807, 2.05) is 18.2 Å². The van der Waals surface area contributed by atoms with Crippen LogP contribution in [0.3, 0.4) is 0 Å². The smallest absolute Gasteiger partial charge is 0.300 e. The highest BCUT2D eigenvalue weighted by molar-refractivity contribution is 14.1. The van der Waals surface area contributed by atoms with Gasteiger partial charge in [0.2, 0.25) is 0 Å². The van der Waals surface area contributed by atoms with Crippen LogP contribution in [0.2, 0.25) is 0 Å². The minimum absolute atomic E-state index is 0.261. The summed E-state index contributed by atoms with van der Waals surface area (Å²) >= 11 is 2.07. The molecule has 104 valence electrons. The van der Waals surface area contributed by atoms with E-state index in [9.17, 15) is 9.59 Å². The molecule has 0 heterocycles. The van der Waals surface area contributed by atoms with Gasteiger partial charge in [-0.15, -0.1) is 0 Å². The standard InChI is InChI=1S/C16H11IN2O2/c17-12-7-8-14(13(10-12)16(18)21)19-15(20)9-6-11-4-2-1-3-5-11/h1-5,7-8,10H,(H2,18,21)(H,19,20). The van der Waals surface area contributed by atoms with Crippen LogP contribution in [0.25, 0.3) is 0 Å². The molecule has 0 atom stereocenters. The molecule has 0 aliphatic rings. The second-order valence-corrected chi connectivity index (χ2v) is 5.37. The minimum Gasteiger partial charge on any atom is -0.366 e. The summed E-state index contributed by atoms with van der Waals surface area (Å²) in [6.45, 7) is 0. The molecule has 2 aromatic carbocycles. The number of nitrogens with two attached hydrogens (primary N) is 1. The van der Waals surface area contributed by atoms with E-state index in [-0.39, 0.29) is 5.56 Å². The summed E-state index contributed by atoms with van der Waals surface area (Å²) in [4.78, 5) is 23.2. The lowest BCUT2D eigenvalue weighted by molar-refractivity contribution is -0.111. The molecule has 0 unspecified atom stereocenters. The Bertz CT molecular complexity index is 746. The van der Waals surface area contributed by atoms with Crippen LogP contribution in [0.5, 0.6) is 0 Å². The average Bonchev–Trinajstić information content (AvgIpc) is 2.48. The Balaban J connectivity index is 2.18. The van der Waals surface area contributed by atoms with Crippen molar-refractivity contribution in [3.63, 3.8) is 0 Å². The van der Waals surface area contributed by atoms with Crippen LogP contribution >= 0.6 is 22.6 Å². The van der Waals surface area contributed by atoms with Crippen molar-refractivity contribution < 1.29 is 9.59 Å². The van der Waals surface area contributed by atoms with Crippen LogP contribution in [0.15, 0.2) is 48.5 Å². The highest BCUT2D eigenvalue weighted by Crippen LogP contribution is 2.18. The van der Waals surface area contributed by atoms with Gasteiger partial charge in [-0.1, -0.05) is 24.1 Å². The van der Waals surface area contributed by atoms with Gasteiger partial charge in [-0.25, -0.2) is 0 Å². The van der Waals surface area contributed by atoms with Gasteiger partial charge in [-0.3, -0.25) is 9.59 Å². The average molecular weight is 390 g/mol. The predicted molar refractivity (Wildman–Crippen MR) is 89.6 cm³/mol. The van der Waals surface area contributed by atoms with Crippen LogP contribution in [0.4, 0.5) is 5.69 Å². The van der Waals surface area contributed by atoms with E-state index in [2.05, 4.69) is 39.7 Å². The maximum absolute atomic E-state index is 11.8. The van der Waals surface area contributed by atoms with Crippen LogP contribution < -0.4 is 11.1 Å². The molecule has 0 aliphatic heterocycles. The zero-order valence-electron chi connectivity index (χ0n) is 10.9. The van der Waals surface area contributed by atoms with E-state index in [4.69, 9.17) is 5.73 Å². The maximum Gasteiger partial charge on any atom is 0.300 e. The van der Waals surface area contributed by atoms with Crippen molar-refractivity contribution in [3.8, 4) is 11.8 Å². The lowest BCUT2D eigenvalue weighted by Crippen LogP contribution is -2.17. The number of halogens is 1. The molecule has 2 aromatic rings. The van der Waals surface area contributed by atoms with E-state index < -0.39 is 11.8 Å². The quantitative estimate of drug-likeness (QED) is 0.611. The molecule has 21 heavy (non-hydrogen) atoms. The summed E-state index contributed by atoms with van der Waals surface area (Å²) in [6, 6.07) is 14.2. The normalized spacial score (nSPS) is 9.38. The van der Waals surface area contributed by atoms with E-state index in [0.29, 0.717) is 5.69 Å². The molecule has 2 rings (SSSR count). The van der Waals surface area contributed by atoms with Crippen LogP contribution in [0.1, 0.15) is 15.9 Å². The number of primary amides is 1. The van der Waals surface area contributed by atoms with Crippen LogP contribution in [0, 0.1) is 15.4 Å². The maximum atomic E-state index is 11.8. The fraction of sp³-hybridized carbons (Fsp3) is 0. The largest absolute Gasteiger partial charge is 0.366 e. The molecule has 0 spiro atoms. The van der Waals surface area contributed by atoms with Gasteiger partial charge in [0.05, 0.1) is 11.3 Å². The Labute approximate surface area is 135 Å². The Morgan fingerprint density at radius 2 is 1.81 bits per heavy atom. The summed E-state index contributed by atoms with van der Waals surface area (Å²) in [6.07, 6.45) is 0. The number of carbonyl (C=O) groups is 2. The van der Waals surface area contributed by atoms with Gasteiger partial charge in [-0.05, 0) is 52.9 Å². The number of nitrogens with one attached hydrogen (secondary N) is 1. The van der Waals surface area contributed by atoms with Crippen molar-refractivity contribution in [2.45, 2.75) is 0 Å². The summed E-state index contributed by atoms with van der Waals surface area (Å²) in [5, 5.41) is 2.57. The first-order valence-corrected chi connectivity index (χ1v) is 7.11. The van der Waals surface area contributed by atoms with Crippen molar-refractivity contribution in [1.29, 1.82) is 0 Å². The summed E-state index contributed by atoms with van der Waals surface area (Å²) in [5.74, 6) is 4.12. The molecule has 0 fully saturated rings. The summed E-state index contributed by atoms with van der Waals surface area (Å²) in [5.41, 5.74) is 6.65. The highest BCUT2D eigenvalue weighted by atomic mass is 127. The molecule has 0 radical (unpaired) electrons. The van der Waals surface area contributed by atoms with Crippen molar-refractivity contribution in [2.24, 2.45) is 5.73 Å². The van der Waals surface area contributed by atoms with Crippen molar-refractivity contribution >= 4 is 40.1 Å². The fourth-order valence-corrected chi connectivity index (χ4v) is 2.12. The molecular weight excluding hydrogens is 379 g/mol. The molecule has 4 nitrogen and oxygen atoms in total. The molecular formula is C16H11IN2O2. The fourth-order valence-electron chi connectivity index (χ4n) is 1.63. The highest BCUT2D eigenvalue weighted by Gasteiger charge is 2.10. The number of anilines is 1. The molecule has 3 N–H and O–H groups in total. The lowest BCUT2D eigenvalue weighted by atomic mass is 10.1.